The van der Waals surface area contributed by atoms with Crippen molar-refractivity contribution in [1.29, 1.82) is 0 Å². The molecule has 12 nitrogen and oxygen atoms in total. The minimum atomic E-state index is -3.34. The van der Waals surface area contributed by atoms with Crippen molar-refractivity contribution in [2.75, 3.05) is 51.0 Å². The summed E-state index contributed by atoms with van der Waals surface area (Å²) in [5.41, 5.74) is 1.91. The molecular weight excluding hydrogens is 539 g/mol. The number of aromatic amines is 1. The zero-order valence-electron chi connectivity index (χ0n) is 22.3. The van der Waals surface area contributed by atoms with Crippen molar-refractivity contribution in [2.45, 2.75) is 19.6 Å². The average molecular weight is 572 g/mol. The lowest BCUT2D eigenvalue weighted by atomic mass is 9.92. The maximum atomic E-state index is 13.7. The van der Waals surface area contributed by atoms with Crippen molar-refractivity contribution in [2.24, 2.45) is 10.4 Å². The Hall–Kier alpha value is -3.59. The Labute approximate surface area is 231 Å². The average Bonchev–Trinajstić information content (AvgIpc) is 3.62. The van der Waals surface area contributed by atoms with Gasteiger partial charge in [0.25, 0.3) is 6.34 Å². The zero-order chi connectivity index (χ0) is 28.2. The first kappa shape index (κ1) is 28.0. The van der Waals surface area contributed by atoms with Crippen LogP contribution in [0.5, 0.6) is 0 Å². The van der Waals surface area contributed by atoms with E-state index < -0.39 is 21.7 Å². The molecular formula is C26H32FN8O4S+. The summed E-state index contributed by atoms with van der Waals surface area (Å²) in [4.78, 5) is 21.2. The lowest BCUT2D eigenvalue weighted by Gasteiger charge is -2.36. The van der Waals surface area contributed by atoms with E-state index in [1.54, 1.807) is 24.4 Å². The summed E-state index contributed by atoms with van der Waals surface area (Å²) < 4.78 is 53.3. The number of halogens is 1. The topological polar surface area (TPSA) is 146 Å². The Morgan fingerprint density at radius 1 is 1.18 bits per heavy atom. The Morgan fingerprint density at radius 2 is 1.95 bits per heavy atom. The second-order valence-corrected chi connectivity index (χ2v) is 12.0. The molecule has 0 saturated carbocycles. The predicted octanol–water partition coefficient (Wildman–Crippen LogP) is 2.20. The number of aliphatic imine (C=N–C) groups is 1. The summed E-state index contributed by atoms with van der Waals surface area (Å²) in [5.74, 6) is 0.540. The molecule has 5 rings (SSSR count). The van der Waals surface area contributed by atoms with E-state index in [1.807, 2.05) is 19.5 Å². The van der Waals surface area contributed by atoms with Crippen molar-refractivity contribution in [3.05, 3.63) is 48.2 Å². The molecule has 14 heteroatoms. The van der Waals surface area contributed by atoms with Crippen LogP contribution >= 0.6 is 0 Å². The van der Waals surface area contributed by atoms with Crippen LogP contribution in [0.4, 0.5) is 10.3 Å². The van der Waals surface area contributed by atoms with Gasteiger partial charge in [-0.25, -0.2) is 32.5 Å². The molecule has 3 aromatic rings. The second kappa shape index (κ2) is 11.9. The first-order valence-electron chi connectivity index (χ1n) is 12.9. The third-order valence-corrected chi connectivity index (χ3v) is 7.13. The molecule has 0 unspecified atom stereocenters. The van der Waals surface area contributed by atoms with E-state index in [4.69, 9.17) is 14.5 Å². The van der Waals surface area contributed by atoms with Gasteiger partial charge in [-0.2, -0.15) is 0 Å². The van der Waals surface area contributed by atoms with E-state index in [9.17, 15) is 12.8 Å². The molecule has 2 aliphatic heterocycles. The van der Waals surface area contributed by atoms with Crippen molar-refractivity contribution < 1.29 is 26.9 Å². The number of aromatic nitrogens is 4. The fraction of sp³-hybridized carbons (Fsp3) is 0.423. The lowest BCUT2D eigenvalue weighted by Crippen LogP contribution is -2.45. The van der Waals surface area contributed by atoms with Crippen LogP contribution in [-0.4, -0.2) is 91.1 Å². The smallest absolute Gasteiger partial charge is 0.281 e. The normalized spacial score (nSPS) is 21.0. The van der Waals surface area contributed by atoms with E-state index in [0.29, 0.717) is 41.0 Å². The van der Waals surface area contributed by atoms with Crippen LogP contribution < -0.4 is 10.0 Å². The van der Waals surface area contributed by atoms with Gasteiger partial charge in [-0.3, -0.25) is 4.58 Å². The lowest BCUT2D eigenvalue weighted by molar-refractivity contribution is -0.504. The number of H-pyrrole nitrogens is 1. The highest BCUT2D eigenvalue weighted by atomic mass is 32.2. The number of hydrogen-bond acceptors (Lipinski definition) is 9. The van der Waals surface area contributed by atoms with E-state index in [2.05, 4.69) is 34.6 Å². The highest BCUT2D eigenvalue weighted by Gasteiger charge is 2.35. The molecule has 1 fully saturated rings. The predicted molar refractivity (Wildman–Crippen MR) is 148 cm³/mol. The van der Waals surface area contributed by atoms with Crippen LogP contribution in [0.3, 0.4) is 0 Å². The SMILES string of the molecule is CC1(CNS(C)(=O)=O)COC(c2nc(-c3ccc(F)cc3)c(-c3ccnc(NCCC[N+]4=CN=CC4)n3)[nH]2)OC1. The van der Waals surface area contributed by atoms with Crippen molar-refractivity contribution in [1.82, 2.24) is 24.7 Å². The number of imidazole rings is 1. The number of ether oxygens (including phenoxy) is 2. The molecule has 3 N–H and O–H groups in total. The number of hydrogen-bond donors (Lipinski definition) is 3. The summed E-state index contributed by atoms with van der Waals surface area (Å²) in [6, 6.07) is 7.81. The van der Waals surface area contributed by atoms with Gasteiger partial charge in [0.15, 0.2) is 12.0 Å². The minimum absolute atomic E-state index is 0.184. The van der Waals surface area contributed by atoms with Gasteiger partial charge in [-0.05, 0) is 30.3 Å². The van der Waals surface area contributed by atoms with Crippen LogP contribution in [0.25, 0.3) is 22.6 Å². The van der Waals surface area contributed by atoms with Gasteiger partial charge in [-0.15, -0.1) is 0 Å². The molecule has 0 amide bonds. The first-order valence-corrected chi connectivity index (χ1v) is 14.8. The van der Waals surface area contributed by atoms with Crippen molar-refractivity contribution in [3.8, 4) is 22.6 Å². The summed E-state index contributed by atoms with van der Waals surface area (Å²) in [7, 11) is -3.34. The molecule has 2 aliphatic rings. The van der Waals surface area contributed by atoms with Gasteiger partial charge in [0.1, 0.15) is 12.4 Å². The van der Waals surface area contributed by atoms with E-state index in [0.717, 1.165) is 25.8 Å². The van der Waals surface area contributed by atoms with Crippen LogP contribution in [-0.2, 0) is 19.5 Å². The van der Waals surface area contributed by atoms with Gasteiger partial charge >= 0.3 is 0 Å². The molecule has 212 valence electrons. The molecule has 0 aliphatic carbocycles. The van der Waals surface area contributed by atoms with E-state index in [1.165, 1.54) is 12.1 Å². The quantitative estimate of drug-likeness (QED) is 0.235. The monoisotopic (exact) mass is 571 g/mol. The summed E-state index contributed by atoms with van der Waals surface area (Å²) >= 11 is 0. The highest BCUT2D eigenvalue weighted by Crippen LogP contribution is 2.35. The summed E-state index contributed by atoms with van der Waals surface area (Å²) in [5, 5.41) is 3.26. The molecule has 1 aromatic carbocycles. The largest absolute Gasteiger partial charge is 0.354 e. The van der Waals surface area contributed by atoms with Crippen molar-refractivity contribution >= 4 is 28.5 Å². The summed E-state index contributed by atoms with van der Waals surface area (Å²) in [6.07, 6.45) is 6.56. The van der Waals surface area contributed by atoms with E-state index in [-0.39, 0.29) is 25.6 Å². The van der Waals surface area contributed by atoms with Crippen LogP contribution in [0.15, 0.2) is 41.5 Å². The maximum absolute atomic E-state index is 13.7. The van der Waals surface area contributed by atoms with Crippen LogP contribution in [0, 0.1) is 11.2 Å². The maximum Gasteiger partial charge on any atom is 0.281 e. The molecule has 2 aromatic heterocycles. The van der Waals surface area contributed by atoms with Crippen LogP contribution in [0.1, 0.15) is 25.5 Å². The molecule has 0 radical (unpaired) electrons. The second-order valence-electron chi connectivity index (χ2n) is 10.2. The van der Waals surface area contributed by atoms with Gasteiger partial charge in [0.05, 0.1) is 43.1 Å². The number of anilines is 1. The number of nitrogens with one attached hydrogen (secondary N) is 3. The molecule has 0 bridgehead atoms. The summed E-state index contributed by atoms with van der Waals surface area (Å²) in [6.45, 7) is 4.95. The fourth-order valence-electron chi connectivity index (χ4n) is 4.27. The van der Waals surface area contributed by atoms with Gasteiger partial charge in [0.2, 0.25) is 22.3 Å². The molecule has 0 spiro atoms. The number of benzene rings is 1. The van der Waals surface area contributed by atoms with Gasteiger partial charge in [0, 0.05) is 36.7 Å². The first-order chi connectivity index (χ1) is 19.2. The third-order valence-electron chi connectivity index (χ3n) is 6.46. The Bertz CT molecular complexity index is 1500. The molecule has 40 heavy (non-hydrogen) atoms. The highest BCUT2D eigenvalue weighted by molar-refractivity contribution is 7.88. The zero-order valence-corrected chi connectivity index (χ0v) is 23.1. The molecule has 0 atom stereocenters. The fourth-order valence-corrected chi connectivity index (χ4v) is 4.88. The Balaban J connectivity index is 1.34. The molecule has 1 saturated heterocycles. The Morgan fingerprint density at radius 3 is 2.65 bits per heavy atom. The Kier molecular flexibility index (Phi) is 8.30. The third kappa shape index (κ3) is 7.13. The van der Waals surface area contributed by atoms with Crippen LogP contribution in [0.2, 0.25) is 0 Å². The standard InChI is InChI=1S/C26H32FN8O4S/c1-26(14-31-40(2,36)37)15-38-24(39-16-26)23-33-21(18-4-6-19(27)7-5-18)22(34-23)20-8-10-30-25(32-20)29-9-3-12-35-13-11-28-17-35/h4-8,10-11,17,24,31H,3,9,12-16H2,1-2H3,(H,33,34)(H,29,30,32)/q+1. The number of sulfonamides is 1. The van der Waals surface area contributed by atoms with Crippen molar-refractivity contribution in [3.63, 3.8) is 0 Å². The minimum Gasteiger partial charge on any atom is -0.354 e. The van der Waals surface area contributed by atoms with E-state index >= 15 is 0 Å². The number of rotatable bonds is 11. The number of nitrogens with zero attached hydrogens (tertiary/aromatic N) is 5. The van der Waals surface area contributed by atoms with Gasteiger partial charge in [-0.1, -0.05) is 11.9 Å². The van der Waals surface area contributed by atoms with Gasteiger partial charge < -0.3 is 19.8 Å². The molecule has 4 heterocycles.